The first kappa shape index (κ1) is 14.1. The summed E-state index contributed by atoms with van der Waals surface area (Å²) >= 11 is 5.67. The molecular weight excluding hydrogens is 267 g/mol. The van der Waals surface area contributed by atoms with Crippen LogP contribution in [0.5, 0.6) is 0 Å². The Labute approximate surface area is 105 Å². The summed E-state index contributed by atoms with van der Waals surface area (Å²) in [5, 5.41) is -0.831. The molecule has 6 heteroatoms. The van der Waals surface area contributed by atoms with Gasteiger partial charge in [-0.25, -0.2) is 12.8 Å². The van der Waals surface area contributed by atoms with E-state index < -0.39 is 26.7 Å². The molecule has 17 heavy (non-hydrogen) atoms. The average Bonchev–Trinajstić information content (AvgIpc) is 2.21. The number of rotatable bonds is 4. The van der Waals surface area contributed by atoms with E-state index in [4.69, 9.17) is 11.6 Å². The summed E-state index contributed by atoms with van der Waals surface area (Å²) < 4.78 is 35.7. The Morgan fingerprint density at radius 3 is 2.59 bits per heavy atom. The van der Waals surface area contributed by atoms with Crippen molar-refractivity contribution in [1.82, 2.24) is 0 Å². The van der Waals surface area contributed by atoms with Crippen molar-refractivity contribution in [3.05, 3.63) is 34.6 Å². The lowest BCUT2D eigenvalue weighted by Crippen LogP contribution is -2.27. The molecule has 0 amide bonds. The van der Waals surface area contributed by atoms with Gasteiger partial charge in [-0.15, -0.1) is 0 Å². The molecule has 0 saturated carbocycles. The van der Waals surface area contributed by atoms with Gasteiger partial charge in [-0.2, -0.15) is 0 Å². The van der Waals surface area contributed by atoms with Crippen LogP contribution < -0.4 is 0 Å². The van der Waals surface area contributed by atoms with Gasteiger partial charge in [-0.05, 0) is 30.7 Å². The van der Waals surface area contributed by atoms with E-state index in [1.807, 2.05) is 0 Å². The molecule has 0 aliphatic carbocycles. The minimum Gasteiger partial charge on any atom is -0.298 e. The van der Waals surface area contributed by atoms with Crippen LogP contribution in [0.15, 0.2) is 18.2 Å². The van der Waals surface area contributed by atoms with Gasteiger partial charge in [0.2, 0.25) is 0 Å². The van der Waals surface area contributed by atoms with E-state index >= 15 is 0 Å². The Morgan fingerprint density at radius 2 is 2.06 bits per heavy atom. The fourth-order valence-electron chi connectivity index (χ4n) is 1.25. The first-order chi connectivity index (χ1) is 7.71. The number of sulfone groups is 1. The van der Waals surface area contributed by atoms with Gasteiger partial charge in [0.25, 0.3) is 0 Å². The van der Waals surface area contributed by atoms with Gasteiger partial charge in [0.1, 0.15) is 11.1 Å². The molecule has 0 radical (unpaired) electrons. The lowest BCUT2D eigenvalue weighted by molar-refractivity contribution is -0.117. The molecule has 0 aliphatic rings. The zero-order valence-electron chi connectivity index (χ0n) is 9.41. The van der Waals surface area contributed by atoms with Gasteiger partial charge in [-0.1, -0.05) is 11.6 Å². The van der Waals surface area contributed by atoms with Crippen LogP contribution in [-0.2, 0) is 21.1 Å². The van der Waals surface area contributed by atoms with Crippen LogP contribution in [0.4, 0.5) is 4.39 Å². The molecule has 0 bridgehead atoms. The summed E-state index contributed by atoms with van der Waals surface area (Å²) in [6, 6.07) is 3.84. The first-order valence-corrected chi connectivity index (χ1v) is 7.20. The monoisotopic (exact) mass is 278 g/mol. The van der Waals surface area contributed by atoms with E-state index in [0.717, 1.165) is 12.3 Å². The number of carbonyl (C=O) groups is 1. The van der Waals surface area contributed by atoms with Crippen molar-refractivity contribution >= 4 is 27.2 Å². The van der Waals surface area contributed by atoms with Crippen LogP contribution >= 0.6 is 11.6 Å². The lowest BCUT2D eigenvalue weighted by Gasteiger charge is -2.09. The fraction of sp³-hybridized carbons (Fsp3) is 0.364. The van der Waals surface area contributed by atoms with Crippen LogP contribution in [0.1, 0.15) is 12.5 Å². The smallest absolute Gasteiger partial charge is 0.157 e. The van der Waals surface area contributed by atoms with Crippen LogP contribution in [0.2, 0.25) is 5.02 Å². The van der Waals surface area contributed by atoms with Crippen LogP contribution in [0.3, 0.4) is 0 Å². The summed E-state index contributed by atoms with van der Waals surface area (Å²) in [7, 11) is -3.45. The summed E-state index contributed by atoms with van der Waals surface area (Å²) in [4.78, 5) is 11.6. The minimum absolute atomic E-state index is 0.109. The summed E-state index contributed by atoms with van der Waals surface area (Å²) in [6.45, 7) is 1.29. The van der Waals surface area contributed by atoms with Crippen LogP contribution in [0.25, 0.3) is 0 Å². The third-order valence-corrected chi connectivity index (χ3v) is 4.25. The highest BCUT2D eigenvalue weighted by Gasteiger charge is 2.24. The summed E-state index contributed by atoms with van der Waals surface area (Å²) in [5.74, 6) is -1.11. The number of benzene rings is 1. The van der Waals surface area contributed by atoms with Crippen molar-refractivity contribution in [3.8, 4) is 0 Å². The number of ketones is 1. The molecule has 94 valence electrons. The highest BCUT2D eigenvalue weighted by atomic mass is 35.5. The number of hydrogen-bond donors (Lipinski definition) is 0. The Hall–Kier alpha value is -0.940. The van der Waals surface area contributed by atoms with E-state index in [1.165, 1.54) is 19.1 Å². The standard InChI is InChI=1S/C11H12ClFO3S/c1-7(17(2,15)16)11(14)6-8-5-9(12)3-4-10(8)13/h3-5,7H,6H2,1-2H3. The zero-order valence-corrected chi connectivity index (χ0v) is 11.0. The average molecular weight is 279 g/mol. The maximum absolute atomic E-state index is 13.3. The molecule has 0 fully saturated rings. The molecule has 3 nitrogen and oxygen atoms in total. The number of carbonyl (C=O) groups excluding carboxylic acids is 1. The first-order valence-electron chi connectivity index (χ1n) is 4.87. The maximum Gasteiger partial charge on any atom is 0.157 e. The molecule has 0 spiro atoms. The third kappa shape index (κ3) is 3.78. The topological polar surface area (TPSA) is 51.2 Å². The molecule has 0 N–H and O–H groups in total. The second-order valence-electron chi connectivity index (χ2n) is 3.85. The summed E-state index contributed by atoms with van der Waals surface area (Å²) in [5.41, 5.74) is 0.109. The van der Waals surface area contributed by atoms with Crippen molar-refractivity contribution in [2.24, 2.45) is 0 Å². The van der Waals surface area contributed by atoms with E-state index in [2.05, 4.69) is 0 Å². The molecule has 0 saturated heterocycles. The largest absolute Gasteiger partial charge is 0.298 e. The number of hydrogen-bond acceptors (Lipinski definition) is 3. The minimum atomic E-state index is -3.45. The van der Waals surface area contributed by atoms with Crippen molar-refractivity contribution in [2.75, 3.05) is 6.26 Å². The maximum atomic E-state index is 13.3. The zero-order chi connectivity index (χ0) is 13.2. The quantitative estimate of drug-likeness (QED) is 0.847. The van der Waals surface area contributed by atoms with Crippen molar-refractivity contribution in [3.63, 3.8) is 0 Å². The van der Waals surface area contributed by atoms with Crippen LogP contribution in [-0.4, -0.2) is 25.7 Å². The highest BCUT2D eigenvalue weighted by Crippen LogP contribution is 2.16. The van der Waals surface area contributed by atoms with Crippen molar-refractivity contribution in [1.29, 1.82) is 0 Å². The number of Topliss-reactive ketones (excluding diaryl/α,β-unsaturated/α-hetero) is 1. The molecular formula is C11H12ClFO3S. The summed E-state index contributed by atoms with van der Waals surface area (Å²) in [6.07, 6.45) is 0.699. The SMILES string of the molecule is CC(C(=O)Cc1cc(Cl)ccc1F)S(C)(=O)=O. The van der Waals surface area contributed by atoms with E-state index in [0.29, 0.717) is 5.02 Å². The van der Waals surface area contributed by atoms with Crippen LogP contribution in [0, 0.1) is 5.82 Å². The van der Waals surface area contributed by atoms with Gasteiger partial charge < -0.3 is 0 Å². The van der Waals surface area contributed by atoms with Gasteiger partial charge in [0.05, 0.1) is 0 Å². The molecule has 1 aromatic rings. The predicted molar refractivity (Wildman–Crippen MR) is 64.4 cm³/mol. The van der Waals surface area contributed by atoms with Gasteiger partial charge in [0, 0.05) is 17.7 Å². The Balaban J connectivity index is 2.92. The predicted octanol–water partition coefficient (Wildman–Crippen LogP) is 2.02. The Bertz CT molecular complexity index is 540. The Kier molecular flexibility index (Phi) is 4.27. The molecule has 1 atom stereocenters. The normalized spacial score (nSPS) is 13.4. The third-order valence-electron chi connectivity index (χ3n) is 2.47. The highest BCUT2D eigenvalue weighted by molar-refractivity contribution is 7.92. The number of halogens is 2. The van der Waals surface area contributed by atoms with E-state index in [-0.39, 0.29) is 12.0 Å². The molecule has 1 aromatic carbocycles. The van der Waals surface area contributed by atoms with Crippen molar-refractivity contribution < 1.29 is 17.6 Å². The molecule has 0 aliphatic heterocycles. The second kappa shape index (κ2) is 5.14. The van der Waals surface area contributed by atoms with E-state index in [9.17, 15) is 17.6 Å². The van der Waals surface area contributed by atoms with Gasteiger partial charge >= 0.3 is 0 Å². The Morgan fingerprint density at radius 1 is 1.47 bits per heavy atom. The van der Waals surface area contributed by atoms with Crippen molar-refractivity contribution in [2.45, 2.75) is 18.6 Å². The molecule has 0 aromatic heterocycles. The molecule has 0 heterocycles. The molecule has 1 unspecified atom stereocenters. The lowest BCUT2D eigenvalue weighted by atomic mass is 10.1. The molecule has 1 rings (SSSR count). The van der Waals surface area contributed by atoms with Gasteiger partial charge in [-0.3, -0.25) is 4.79 Å². The fourth-order valence-corrected chi connectivity index (χ4v) is 2.00. The second-order valence-corrected chi connectivity index (χ2v) is 6.65. The van der Waals surface area contributed by atoms with Gasteiger partial charge in [0.15, 0.2) is 15.6 Å². The van der Waals surface area contributed by atoms with E-state index in [1.54, 1.807) is 0 Å².